The fraction of sp³-hybridized carbons (Fsp3) is 0.258. The highest BCUT2D eigenvalue weighted by atomic mass is 16.4. The Hall–Kier alpha value is -4.99. The predicted molar refractivity (Wildman–Crippen MR) is 151 cm³/mol. The number of nitrogens with one attached hydrogen (secondary N) is 4. The molecule has 2 heterocycles. The summed E-state index contributed by atoms with van der Waals surface area (Å²) in [5.41, 5.74) is 2.62. The van der Waals surface area contributed by atoms with E-state index in [9.17, 15) is 29.1 Å². The van der Waals surface area contributed by atoms with E-state index in [1.165, 1.54) is 0 Å². The Kier molecular flexibility index (Phi) is 9.82. The van der Waals surface area contributed by atoms with Gasteiger partial charge in [0.2, 0.25) is 17.7 Å². The summed E-state index contributed by atoms with van der Waals surface area (Å²) in [5, 5.41) is 20.2. The number of amides is 4. The second kappa shape index (κ2) is 13.9. The number of carbonyl (C=O) groups excluding carboxylic acids is 4. The first-order chi connectivity index (χ1) is 19.8. The number of aliphatic carboxylic acids is 1. The van der Waals surface area contributed by atoms with Gasteiger partial charge < -0.3 is 26.4 Å². The normalized spacial score (nSPS) is 20.2. The first-order valence-electron chi connectivity index (χ1n) is 13.4. The first kappa shape index (κ1) is 29.0. The zero-order chi connectivity index (χ0) is 29.2. The molecule has 0 aromatic heterocycles. The van der Waals surface area contributed by atoms with E-state index < -0.39 is 54.3 Å². The molecule has 10 heteroatoms. The van der Waals surface area contributed by atoms with Gasteiger partial charge in [-0.05, 0) is 41.7 Å². The topological polar surface area (TPSA) is 154 Å². The van der Waals surface area contributed by atoms with Crippen LogP contribution in [0.5, 0.6) is 0 Å². The Morgan fingerprint density at radius 3 is 2.00 bits per heavy atom. The summed E-state index contributed by atoms with van der Waals surface area (Å²) < 4.78 is 0. The Balaban J connectivity index is 1.59. The summed E-state index contributed by atoms with van der Waals surface area (Å²) in [7, 11) is 0. The van der Waals surface area contributed by atoms with Gasteiger partial charge in [-0.3, -0.25) is 19.2 Å². The van der Waals surface area contributed by atoms with Crippen LogP contribution in [0.3, 0.4) is 0 Å². The lowest BCUT2D eigenvalue weighted by Gasteiger charge is -2.22. The zero-order valence-electron chi connectivity index (χ0n) is 22.3. The zero-order valence-corrected chi connectivity index (χ0v) is 22.3. The van der Waals surface area contributed by atoms with Gasteiger partial charge in [-0.15, -0.1) is 0 Å². The number of carboxylic acids is 1. The van der Waals surface area contributed by atoms with Crippen LogP contribution in [0.15, 0.2) is 84.9 Å². The van der Waals surface area contributed by atoms with Gasteiger partial charge in [0.1, 0.15) is 18.1 Å². The lowest BCUT2D eigenvalue weighted by atomic mass is 10.0. The third-order valence-corrected chi connectivity index (χ3v) is 6.81. The summed E-state index contributed by atoms with van der Waals surface area (Å²) in [6.07, 6.45) is 0.888. The van der Waals surface area contributed by atoms with Crippen molar-refractivity contribution in [1.29, 1.82) is 0 Å². The standard InChI is InChI=1S/C31H32N4O6/c36-27-19-32-29(38)24(16-13-20-7-3-1-4-8-20)34-28(37)23-14-11-22(12-15-23)18-26(31(40)41)35-30(39)25(33-27)17-21-9-5-2-6-10-21/h1-12,14-15,24-26H,13,16-19H2,(H,32,38)(H,33,36)(H,34,37)(H,35,39)(H,40,41). The van der Waals surface area contributed by atoms with Gasteiger partial charge in [-0.2, -0.15) is 0 Å². The molecule has 2 aliphatic heterocycles. The van der Waals surface area contributed by atoms with Crippen LogP contribution in [-0.4, -0.2) is 59.4 Å². The monoisotopic (exact) mass is 556 g/mol. The number of carbonyl (C=O) groups is 5. The second-order valence-corrected chi connectivity index (χ2v) is 9.88. The number of benzene rings is 3. The van der Waals surface area contributed by atoms with Gasteiger partial charge in [0, 0.05) is 18.4 Å². The number of carboxylic acid groups (broad SMARTS) is 1. The highest BCUT2D eigenvalue weighted by Gasteiger charge is 2.28. The maximum Gasteiger partial charge on any atom is 0.326 e. The molecule has 3 aromatic rings. The van der Waals surface area contributed by atoms with E-state index >= 15 is 0 Å². The van der Waals surface area contributed by atoms with Gasteiger partial charge in [-0.1, -0.05) is 72.8 Å². The number of rotatable bonds is 6. The molecule has 2 bridgehead atoms. The van der Waals surface area contributed by atoms with Crippen LogP contribution in [-0.2, 0) is 38.4 Å². The average Bonchev–Trinajstić information content (AvgIpc) is 2.98. The Morgan fingerprint density at radius 2 is 1.37 bits per heavy atom. The van der Waals surface area contributed by atoms with Crippen molar-refractivity contribution in [2.24, 2.45) is 0 Å². The van der Waals surface area contributed by atoms with Crippen molar-refractivity contribution in [3.05, 3.63) is 107 Å². The predicted octanol–water partition coefficient (Wildman–Crippen LogP) is 1.39. The first-order valence-corrected chi connectivity index (χ1v) is 13.4. The SMILES string of the molecule is O=C1CNC(=O)C(CCc2ccccc2)NC(=O)c2ccc(cc2)CC(C(=O)O)NC(=O)C(Cc2ccccc2)N1. The molecule has 0 saturated heterocycles. The molecule has 3 aromatic carbocycles. The van der Waals surface area contributed by atoms with Crippen LogP contribution in [0.4, 0.5) is 0 Å². The molecule has 0 fully saturated rings. The third-order valence-electron chi connectivity index (χ3n) is 6.81. The smallest absolute Gasteiger partial charge is 0.326 e. The van der Waals surface area contributed by atoms with Crippen molar-refractivity contribution in [2.45, 2.75) is 43.8 Å². The fourth-order valence-corrected chi connectivity index (χ4v) is 4.56. The van der Waals surface area contributed by atoms with Crippen molar-refractivity contribution in [3.8, 4) is 0 Å². The summed E-state index contributed by atoms with van der Waals surface area (Å²) in [6.45, 7) is -0.439. The summed E-state index contributed by atoms with van der Waals surface area (Å²) in [5.74, 6) is -3.56. The van der Waals surface area contributed by atoms with Gasteiger partial charge in [0.05, 0.1) is 6.54 Å². The maximum atomic E-state index is 13.2. The molecule has 4 amide bonds. The Bertz CT molecular complexity index is 1380. The van der Waals surface area contributed by atoms with Gasteiger partial charge in [-0.25, -0.2) is 4.79 Å². The number of fused-ring (bicyclic) bond motifs is 14. The molecular weight excluding hydrogens is 524 g/mol. The van der Waals surface area contributed by atoms with E-state index in [1.54, 1.807) is 48.5 Å². The van der Waals surface area contributed by atoms with Crippen LogP contribution in [0.2, 0.25) is 0 Å². The van der Waals surface area contributed by atoms with E-state index in [0.29, 0.717) is 18.4 Å². The van der Waals surface area contributed by atoms with Gasteiger partial charge >= 0.3 is 5.97 Å². The minimum Gasteiger partial charge on any atom is -0.480 e. The fourth-order valence-electron chi connectivity index (χ4n) is 4.56. The number of hydrogen-bond acceptors (Lipinski definition) is 5. The van der Waals surface area contributed by atoms with Crippen LogP contribution < -0.4 is 21.3 Å². The van der Waals surface area contributed by atoms with E-state index in [0.717, 1.165) is 11.1 Å². The van der Waals surface area contributed by atoms with Gasteiger partial charge in [0.15, 0.2) is 0 Å². The van der Waals surface area contributed by atoms with E-state index in [2.05, 4.69) is 21.3 Å². The Morgan fingerprint density at radius 1 is 0.732 bits per heavy atom. The summed E-state index contributed by atoms with van der Waals surface area (Å²) >= 11 is 0. The van der Waals surface area contributed by atoms with Crippen LogP contribution >= 0.6 is 0 Å². The minimum atomic E-state index is -1.27. The van der Waals surface area contributed by atoms with Crippen molar-refractivity contribution in [3.63, 3.8) is 0 Å². The molecule has 3 atom stereocenters. The third kappa shape index (κ3) is 8.50. The van der Waals surface area contributed by atoms with Crippen LogP contribution in [0.1, 0.15) is 33.5 Å². The molecule has 0 saturated carbocycles. The molecule has 41 heavy (non-hydrogen) atoms. The molecule has 0 spiro atoms. The average molecular weight is 557 g/mol. The van der Waals surface area contributed by atoms with Crippen LogP contribution in [0, 0.1) is 0 Å². The van der Waals surface area contributed by atoms with Gasteiger partial charge in [0.25, 0.3) is 5.91 Å². The lowest BCUT2D eigenvalue weighted by molar-refractivity contribution is -0.142. The number of hydrogen-bond donors (Lipinski definition) is 5. The largest absolute Gasteiger partial charge is 0.480 e. The number of aryl methyl sites for hydroxylation is 1. The molecule has 0 radical (unpaired) electrons. The highest BCUT2D eigenvalue weighted by Crippen LogP contribution is 2.11. The van der Waals surface area contributed by atoms with E-state index in [-0.39, 0.29) is 18.4 Å². The quantitative estimate of drug-likeness (QED) is 0.289. The highest BCUT2D eigenvalue weighted by molar-refractivity contribution is 5.98. The summed E-state index contributed by atoms with van der Waals surface area (Å²) in [4.78, 5) is 64.2. The minimum absolute atomic E-state index is 0.0330. The van der Waals surface area contributed by atoms with Crippen molar-refractivity contribution >= 4 is 29.6 Å². The molecule has 3 unspecified atom stereocenters. The van der Waals surface area contributed by atoms with Crippen molar-refractivity contribution in [1.82, 2.24) is 21.3 Å². The molecule has 10 nitrogen and oxygen atoms in total. The molecule has 5 rings (SSSR count). The maximum absolute atomic E-state index is 13.2. The molecule has 212 valence electrons. The summed E-state index contributed by atoms with van der Waals surface area (Å²) in [6, 6.07) is 21.5. The van der Waals surface area contributed by atoms with E-state index in [1.807, 2.05) is 36.4 Å². The van der Waals surface area contributed by atoms with E-state index in [4.69, 9.17) is 0 Å². The lowest BCUT2D eigenvalue weighted by Crippen LogP contribution is -2.55. The Labute approximate surface area is 237 Å². The van der Waals surface area contributed by atoms with Crippen molar-refractivity contribution in [2.75, 3.05) is 6.54 Å². The van der Waals surface area contributed by atoms with Crippen LogP contribution in [0.25, 0.3) is 0 Å². The molecule has 0 aliphatic carbocycles. The molecular formula is C31H32N4O6. The second-order valence-electron chi connectivity index (χ2n) is 9.88. The molecule has 5 N–H and O–H groups in total. The van der Waals surface area contributed by atoms with Crippen molar-refractivity contribution < 1.29 is 29.1 Å². The molecule has 2 aliphatic rings.